The predicted octanol–water partition coefficient (Wildman–Crippen LogP) is 3.54. The number of pyridine rings is 1. The molecule has 0 radical (unpaired) electrons. The number of aryl methyl sites for hydroxylation is 1. The maximum atomic E-state index is 5.74. The first-order chi connectivity index (χ1) is 14.2. The topological polar surface area (TPSA) is 85.6 Å². The molecule has 0 spiro atoms. The SMILES string of the molecule is CN=C(NCc1ccc(-n2ccnc2C)nc1)Nc1ccc2c(c1)OCCCO2.I. The number of rotatable bonds is 4. The van der Waals surface area contributed by atoms with Crippen LogP contribution < -0.4 is 20.1 Å². The number of imidazole rings is 1. The molecule has 1 aromatic carbocycles. The number of halogens is 1. The van der Waals surface area contributed by atoms with Gasteiger partial charge in [0.2, 0.25) is 0 Å². The number of nitrogens with one attached hydrogen (secondary N) is 2. The molecule has 0 unspecified atom stereocenters. The molecular weight excluding hydrogens is 495 g/mol. The third-order valence-corrected chi connectivity index (χ3v) is 4.58. The van der Waals surface area contributed by atoms with Gasteiger partial charge in [0.1, 0.15) is 11.6 Å². The molecule has 0 bridgehead atoms. The van der Waals surface area contributed by atoms with Crippen molar-refractivity contribution in [2.75, 3.05) is 25.6 Å². The van der Waals surface area contributed by atoms with Crippen molar-refractivity contribution in [3.8, 4) is 17.3 Å². The highest BCUT2D eigenvalue weighted by atomic mass is 127. The summed E-state index contributed by atoms with van der Waals surface area (Å²) in [5.41, 5.74) is 1.93. The Morgan fingerprint density at radius 3 is 2.67 bits per heavy atom. The lowest BCUT2D eigenvalue weighted by molar-refractivity contribution is 0.297. The Kier molecular flexibility index (Phi) is 7.50. The first kappa shape index (κ1) is 21.9. The third kappa shape index (κ3) is 5.21. The Bertz CT molecular complexity index is 1000. The Hall–Kier alpha value is -2.82. The number of ether oxygens (including phenoxy) is 2. The summed E-state index contributed by atoms with van der Waals surface area (Å²) in [5, 5.41) is 6.58. The van der Waals surface area contributed by atoms with Crippen LogP contribution in [0.15, 0.2) is 53.9 Å². The van der Waals surface area contributed by atoms with E-state index >= 15 is 0 Å². The molecule has 8 nitrogen and oxygen atoms in total. The molecule has 0 saturated carbocycles. The lowest BCUT2D eigenvalue weighted by atomic mass is 10.2. The van der Waals surface area contributed by atoms with Crippen molar-refractivity contribution in [1.82, 2.24) is 19.9 Å². The summed E-state index contributed by atoms with van der Waals surface area (Å²) >= 11 is 0. The highest BCUT2D eigenvalue weighted by molar-refractivity contribution is 14.0. The van der Waals surface area contributed by atoms with Gasteiger partial charge in [-0.05, 0) is 30.7 Å². The standard InChI is InChI=1S/C21H24N6O2.HI/c1-15-23-8-9-27(15)20-7-4-16(13-24-20)14-25-21(22-2)26-17-5-6-18-19(12-17)29-11-3-10-28-18;/h4-9,12-13H,3,10-11,14H2,1-2H3,(H2,22,25,26);1H. The summed E-state index contributed by atoms with van der Waals surface area (Å²) in [6, 6.07) is 9.81. The molecular formula is C21H25IN6O2. The first-order valence-corrected chi connectivity index (χ1v) is 9.55. The molecule has 0 fully saturated rings. The van der Waals surface area contributed by atoms with E-state index in [1.165, 1.54) is 0 Å². The molecule has 158 valence electrons. The van der Waals surface area contributed by atoms with Gasteiger partial charge in [-0.3, -0.25) is 9.56 Å². The summed E-state index contributed by atoms with van der Waals surface area (Å²) < 4.78 is 13.4. The van der Waals surface area contributed by atoms with Crippen molar-refractivity contribution in [2.45, 2.75) is 19.9 Å². The van der Waals surface area contributed by atoms with Crippen molar-refractivity contribution < 1.29 is 9.47 Å². The normalized spacial score (nSPS) is 13.2. The van der Waals surface area contributed by atoms with Crippen molar-refractivity contribution >= 4 is 35.6 Å². The van der Waals surface area contributed by atoms with Crippen LogP contribution in [-0.2, 0) is 6.54 Å². The Labute approximate surface area is 192 Å². The van der Waals surface area contributed by atoms with Crippen LogP contribution in [0.5, 0.6) is 11.5 Å². The van der Waals surface area contributed by atoms with Gasteiger partial charge < -0.3 is 20.1 Å². The van der Waals surface area contributed by atoms with E-state index in [2.05, 4.69) is 25.6 Å². The minimum Gasteiger partial charge on any atom is -0.490 e. The highest BCUT2D eigenvalue weighted by Gasteiger charge is 2.11. The summed E-state index contributed by atoms with van der Waals surface area (Å²) in [6.45, 7) is 3.88. The van der Waals surface area contributed by atoms with E-state index in [0.717, 1.165) is 40.8 Å². The molecule has 1 aliphatic rings. The van der Waals surface area contributed by atoms with Gasteiger partial charge in [-0.1, -0.05) is 6.07 Å². The molecule has 3 aromatic rings. The zero-order valence-corrected chi connectivity index (χ0v) is 19.3. The molecule has 1 aliphatic heterocycles. The highest BCUT2D eigenvalue weighted by Crippen LogP contribution is 2.32. The minimum absolute atomic E-state index is 0. The first-order valence-electron chi connectivity index (χ1n) is 9.55. The number of aliphatic imine (C=N–C) groups is 1. The van der Waals surface area contributed by atoms with E-state index in [-0.39, 0.29) is 24.0 Å². The fourth-order valence-corrected chi connectivity index (χ4v) is 3.03. The molecule has 2 N–H and O–H groups in total. The van der Waals surface area contributed by atoms with Gasteiger partial charge in [0.25, 0.3) is 0 Å². The molecule has 9 heteroatoms. The average Bonchev–Trinajstić information content (AvgIpc) is 3.04. The molecule has 0 saturated heterocycles. The monoisotopic (exact) mass is 520 g/mol. The van der Waals surface area contributed by atoms with E-state index in [4.69, 9.17) is 9.47 Å². The molecule has 2 aromatic heterocycles. The number of hydrogen-bond donors (Lipinski definition) is 2. The van der Waals surface area contributed by atoms with Crippen LogP contribution in [0.2, 0.25) is 0 Å². The van der Waals surface area contributed by atoms with Gasteiger partial charge in [0, 0.05) is 50.4 Å². The van der Waals surface area contributed by atoms with E-state index in [1.54, 1.807) is 13.2 Å². The molecule has 0 amide bonds. The van der Waals surface area contributed by atoms with Crippen LogP contribution >= 0.6 is 24.0 Å². The van der Waals surface area contributed by atoms with Gasteiger partial charge in [0.15, 0.2) is 17.5 Å². The van der Waals surface area contributed by atoms with Gasteiger partial charge >= 0.3 is 0 Å². The molecule has 4 rings (SSSR count). The number of hydrogen-bond acceptors (Lipinski definition) is 5. The Balaban J connectivity index is 0.00000256. The molecule has 0 aliphatic carbocycles. The Morgan fingerprint density at radius 2 is 1.97 bits per heavy atom. The molecule has 3 heterocycles. The molecule has 30 heavy (non-hydrogen) atoms. The smallest absolute Gasteiger partial charge is 0.195 e. The van der Waals surface area contributed by atoms with Crippen molar-refractivity contribution in [2.24, 2.45) is 4.99 Å². The zero-order chi connectivity index (χ0) is 20.1. The zero-order valence-electron chi connectivity index (χ0n) is 17.0. The number of guanidine groups is 1. The van der Waals surface area contributed by atoms with Crippen LogP contribution in [0.1, 0.15) is 17.8 Å². The van der Waals surface area contributed by atoms with Crippen LogP contribution in [0.4, 0.5) is 5.69 Å². The second-order valence-electron chi connectivity index (χ2n) is 6.63. The average molecular weight is 520 g/mol. The van der Waals surface area contributed by atoms with Gasteiger partial charge in [-0.2, -0.15) is 0 Å². The van der Waals surface area contributed by atoms with E-state index in [0.29, 0.717) is 25.7 Å². The Morgan fingerprint density at radius 1 is 1.13 bits per heavy atom. The number of fused-ring (bicyclic) bond motifs is 1. The molecule has 0 atom stereocenters. The lowest BCUT2D eigenvalue weighted by Crippen LogP contribution is -2.30. The van der Waals surface area contributed by atoms with Gasteiger partial charge in [-0.15, -0.1) is 24.0 Å². The lowest BCUT2D eigenvalue weighted by Gasteiger charge is -2.14. The van der Waals surface area contributed by atoms with Crippen molar-refractivity contribution in [1.29, 1.82) is 0 Å². The van der Waals surface area contributed by atoms with Crippen LogP contribution in [0.25, 0.3) is 5.82 Å². The van der Waals surface area contributed by atoms with E-state index < -0.39 is 0 Å². The summed E-state index contributed by atoms with van der Waals surface area (Å²) in [7, 11) is 1.74. The van der Waals surface area contributed by atoms with Gasteiger partial charge in [0.05, 0.1) is 13.2 Å². The number of anilines is 1. The van der Waals surface area contributed by atoms with E-state index in [9.17, 15) is 0 Å². The second kappa shape index (κ2) is 10.3. The maximum Gasteiger partial charge on any atom is 0.195 e. The number of nitrogens with zero attached hydrogens (tertiary/aromatic N) is 4. The van der Waals surface area contributed by atoms with Gasteiger partial charge in [-0.25, -0.2) is 9.97 Å². The van der Waals surface area contributed by atoms with Crippen LogP contribution in [-0.4, -0.2) is 40.8 Å². The van der Waals surface area contributed by atoms with Crippen LogP contribution in [0, 0.1) is 6.92 Å². The summed E-state index contributed by atoms with van der Waals surface area (Å²) in [6.07, 6.45) is 6.40. The van der Waals surface area contributed by atoms with E-state index in [1.807, 2.05) is 54.2 Å². The third-order valence-electron chi connectivity index (χ3n) is 4.58. The number of benzene rings is 1. The second-order valence-corrected chi connectivity index (χ2v) is 6.63. The largest absolute Gasteiger partial charge is 0.490 e. The quantitative estimate of drug-likeness (QED) is 0.311. The fourth-order valence-electron chi connectivity index (χ4n) is 3.03. The summed E-state index contributed by atoms with van der Waals surface area (Å²) in [4.78, 5) is 13.0. The fraction of sp³-hybridized carbons (Fsp3) is 0.286. The number of aromatic nitrogens is 3. The van der Waals surface area contributed by atoms with Crippen molar-refractivity contribution in [3.63, 3.8) is 0 Å². The van der Waals surface area contributed by atoms with Crippen molar-refractivity contribution in [3.05, 3.63) is 60.3 Å². The minimum atomic E-state index is 0. The predicted molar refractivity (Wildman–Crippen MR) is 127 cm³/mol. The summed E-state index contributed by atoms with van der Waals surface area (Å²) in [5.74, 6) is 3.93. The van der Waals surface area contributed by atoms with Crippen LogP contribution in [0.3, 0.4) is 0 Å². The maximum absolute atomic E-state index is 5.74.